The predicted octanol–water partition coefficient (Wildman–Crippen LogP) is 8.01. The second-order valence-corrected chi connectivity index (χ2v) is 18.3. The Bertz CT molecular complexity index is 1350. The zero-order chi connectivity index (χ0) is 28.8. The molecular weight excluding hydrogens is 633 g/mol. The Hall–Kier alpha value is -2.21. The third-order valence-corrected chi connectivity index (χ3v) is 13.6. The molecule has 0 amide bonds. The van der Waals surface area contributed by atoms with Crippen LogP contribution in [-0.4, -0.2) is 43.4 Å². The number of nitrogens with zero attached hydrogens (tertiary/aromatic N) is 3. The van der Waals surface area contributed by atoms with E-state index in [0.29, 0.717) is 10.9 Å². The van der Waals surface area contributed by atoms with E-state index in [0.717, 1.165) is 40.1 Å². The molecule has 0 aliphatic carbocycles. The Labute approximate surface area is 252 Å². The summed E-state index contributed by atoms with van der Waals surface area (Å²) in [6.45, 7) is 12.4. The number of fused-ring (bicyclic) bond motifs is 1. The van der Waals surface area contributed by atoms with Crippen molar-refractivity contribution in [3.05, 3.63) is 65.3 Å². The summed E-state index contributed by atoms with van der Waals surface area (Å²) in [5, 5.41) is 1.28. The fourth-order valence-corrected chi connectivity index (χ4v) is 6.38. The summed E-state index contributed by atoms with van der Waals surface area (Å²) < 4.78 is 7.17. The van der Waals surface area contributed by atoms with Gasteiger partial charge in [-0.05, 0) is 59.9 Å². The van der Waals surface area contributed by atoms with Gasteiger partial charge in [-0.15, -0.1) is 11.3 Å². The van der Waals surface area contributed by atoms with Crippen molar-refractivity contribution in [2.75, 3.05) is 41.5 Å². The van der Waals surface area contributed by atoms with Gasteiger partial charge in [0.05, 0.1) is 5.39 Å². The lowest BCUT2D eigenvalue weighted by Gasteiger charge is -2.36. The van der Waals surface area contributed by atoms with Gasteiger partial charge in [0, 0.05) is 53.4 Å². The number of benzene rings is 2. The number of hydrogen-bond acceptors (Lipinski definition) is 7. The Morgan fingerprint density at radius 1 is 0.974 bits per heavy atom. The van der Waals surface area contributed by atoms with E-state index in [-0.39, 0.29) is 0 Å². The van der Waals surface area contributed by atoms with E-state index in [1.807, 2.05) is 38.4 Å². The molecule has 0 bridgehead atoms. The number of rotatable bonds is 8. The van der Waals surface area contributed by atoms with Crippen LogP contribution < -0.4 is 16.4 Å². The standard InChI is InChI=1S/C21H21N5S.C9H21IOSi/c1-26(2)16-9-3-13(4-10-16)11-17-18(14-5-7-15(22)8-6-14)19-20(23)24-12-25-21(19)27-17;1-9(2,3)12(4,5)11-8-6-7-10/h3-10,12H,11,22H2,1-2H3,(H2,23,24,25);6-8H2,1-5H3. The van der Waals surface area contributed by atoms with Crippen LogP contribution in [0.1, 0.15) is 37.6 Å². The lowest BCUT2D eigenvalue weighted by molar-refractivity contribution is 0.290. The molecule has 0 aliphatic rings. The second kappa shape index (κ2) is 13.4. The van der Waals surface area contributed by atoms with Gasteiger partial charge in [0.1, 0.15) is 17.0 Å². The number of nitrogen functional groups attached to an aromatic ring is 2. The number of halogens is 1. The smallest absolute Gasteiger partial charge is 0.191 e. The number of aromatic nitrogens is 2. The van der Waals surface area contributed by atoms with Crippen LogP contribution >= 0.6 is 33.9 Å². The first-order valence-corrected chi connectivity index (χ1v) is 18.4. The van der Waals surface area contributed by atoms with Crippen molar-refractivity contribution in [2.24, 2.45) is 0 Å². The lowest BCUT2D eigenvalue weighted by atomic mass is 9.99. The minimum Gasteiger partial charge on any atom is -0.417 e. The van der Waals surface area contributed by atoms with Crippen LogP contribution in [0.15, 0.2) is 54.9 Å². The maximum atomic E-state index is 6.21. The normalized spacial score (nSPS) is 11.8. The highest BCUT2D eigenvalue weighted by Gasteiger charge is 2.36. The van der Waals surface area contributed by atoms with Crippen LogP contribution in [-0.2, 0) is 10.8 Å². The molecular formula is C30H42IN5OSSi. The van der Waals surface area contributed by atoms with E-state index >= 15 is 0 Å². The Morgan fingerprint density at radius 2 is 1.62 bits per heavy atom. The zero-order valence-corrected chi connectivity index (χ0v) is 28.2. The highest BCUT2D eigenvalue weighted by molar-refractivity contribution is 14.1. The summed E-state index contributed by atoms with van der Waals surface area (Å²) in [5.41, 5.74) is 17.4. The van der Waals surface area contributed by atoms with Crippen molar-refractivity contribution in [2.45, 2.75) is 51.7 Å². The molecule has 4 N–H and O–H groups in total. The first-order valence-electron chi connectivity index (χ1n) is 13.2. The van der Waals surface area contributed by atoms with Crippen LogP contribution in [0.2, 0.25) is 18.1 Å². The van der Waals surface area contributed by atoms with E-state index in [1.54, 1.807) is 11.3 Å². The van der Waals surface area contributed by atoms with Crippen molar-refractivity contribution in [1.82, 2.24) is 9.97 Å². The molecule has 0 saturated carbocycles. The molecule has 2 heterocycles. The van der Waals surface area contributed by atoms with Gasteiger partial charge in [-0.2, -0.15) is 0 Å². The molecule has 210 valence electrons. The van der Waals surface area contributed by atoms with Gasteiger partial charge in [0.2, 0.25) is 0 Å². The molecule has 4 aromatic rings. The van der Waals surface area contributed by atoms with E-state index < -0.39 is 8.32 Å². The summed E-state index contributed by atoms with van der Waals surface area (Å²) in [7, 11) is 2.64. The quantitative estimate of drug-likeness (QED) is 0.0647. The van der Waals surface area contributed by atoms with Gasteiger partial charge in [0.15, 0.2) is 8.32 Å². The lowest BCUT2D eigenvalue weighted by Crippen LogP contribution is -2.41. The van der Waals surface area contributed by atoms with E-state index in [9.17, 15) is 0 Å². The summed E-state index contributed by atoms with van der Waals surface area (Å²) in [6, 6.07) is 16.5. The molecule has 0 unspecified atom stereocenters. The van der Waals surface area contributed by atoms with Gasteiger partial charge in [-0.3, -0.25) is 0 Å². The molecule has 2 aromatic carbocycles. The van der Waals surface area contributed by atoms with Crippen molar-refractivity contribution < 1.29 is 4.43 Å². The minimum atomic E-state index is -1.45. The molecule has 9 heteroatoms. The minimum absolute atomic E-state index is 0.359. The fraction of sp³-hybridized carbons (Fsp3) is 0.400. The molecule has 2 aromatic heterocycles. The van der Waals surface area contributed by atoms with Crippen LogP contribution in [0.25, 0.3) is 21.3 Å². The molecule has 39 heavy (non-hydrogen) atoms. The van der Waals surface area contributed by atoms with E-state index in [2.05, 4.69) is 95.6 Å². The largest absolute Gasteiger partial charge is 0.417 e. The van der Waals surface area contributed by atoms with Gasteiger partial charge < -0.3 is 20.8 Å². The molecule has 0 atom stereocenters. The van der Waals surface area contributed by atoms with Gasteiger partial charge in [0.25, 0.3) is 0 Å². The van der Waals surface area contributed by atoms with Crippen LogP contribution in [0.3, 0.4) is 0 Å². The number of thiophene rings is 1. The van der Waals surface area contributed by atoms with Crippen molar-refractivity contribution in [3.63, 3.8) is 0 Å². The topological polar surface area (TPSA) is 90.3 Å². The Balaban J connectivity index is 0.000000298. The first-order chi connectivity index (χ1) is 18.3. The SMILES string of the molecule is CC(C)(C)[Si](C)(C)OCCCI.CN(C)c1ccc(Cc2sc3ncnc(N)c3c2-c2ccc(N)cc2)cc1. The summed E-state index contributed by atoms with van der Waals surface area (Å²) in [4.78, 5) is 12.9. The number of nitrogens with two attached hydrogens (primary N) is 2. The predicted molar refractivity (Wildman–Crippen MR) is 182 cm³/mol. The van der Waals surface area contributed by atoms with Crippen LogP contribution in [0.4, 0.5) is 17.2 Å². The monoisotopic (exact) mass is 675 g/mol. The number of anilines is 3. The molecule has 0 radical (unpaired) electrons. The third kappa shape index (κ3) is 8.15. The molecule has 0 fully saturated rings. The van der Waals surface area contributed by atoms with Gasteiger partial charge in [-0.1, -0.05) is 67.6 Å². The Kier molecular flexibility index (Phi) is 10.8. The Morgan fingerprint density at radius 3 is 2.18 bits per heavy atom. The van der Waals surface area contributed by atoms with E-state index in [4.69, 9.17) is 15.9 Å². The maximum absolute atomic E-state index is 6.21. The van der Waals surface area contributed by atoms with Crippen molar-refractivity contribution in [1.29, 1.82) is 0 Å². The highest BCUT2D eigenvalue weighted by atomic mass is 127. The zero-order valence-electron chi connectivity index (χ0n) is 24.2. The second-order valence-electron chi connectivity index (χ2n) is 11.4. The fourth-order valence-electron chi connectivity index (χ4n) is 3.78. The molecule has 6 nitrogen and oxygen atoms in total. The molecule has 0 saturated heterocycles. The maximum Gasteiger partial charge on any atom is 0.191 e. The first kappa shape index (κ1) is 31.3. The van der Waals surface area contributed by atoms with Crippen molar-refractivity contribution >= 4 is 69.7 Å². The number of alkyl halides is 1. The summed E-state index contributed by atoms with van der Waals surface area (Å²) in [5.74, 6) is 0.511. The summed E-state index contributed by atoms with van der Waals surface area (Å²) in [6.07, 6.45) is 3.53. The summed E-state index contributed by atoms with van der Waals surface area (Å²) >= 11 is 4.06. The van der Waals surface area contributed by atoms with Gasteiger partial charge >= 0.3 is 0 Å². The molecule has 0 spiro atoms. The average Bonchev–Trinajstić information content (AvgIpc) is 3.24. The van der Waals surface area contributed by atoms with Crippen LogP contribution in [0, 0.1) is 0 Å². The molecule has 4 rings (SSSR count). The van der Waals surface area contributed by atoms with Gasteiger partial charge in [-0.25, -0.2) is 9.97 Å². The average molecular weight is 676 g/mol. The number of hydrogen-bond donors (Lipinski definition) is 2. The highest BCUT2D eigenvalue weighted by Crippen LogP contribution is 2.41. The van der Waals surface area contributed by atoms with Crippen molar-refractivity contribution in [3.8, 4) is 11.1 Å². The molecule has 0 aliphatic heterocycles. The van der Waals surface area contributed by atoms with E-state index in [1.165, 1.54) is 33.3 Å². The third-order valence-electron chi connectivity index (χ3n) is 7.15. The van der Waals surface area contributed by atoms with Crippen LogP contribution in [0.5, 0.6) is 0 Å².